The van der Waals surface area contributed by atoms with Gasteiger partial charge in [-0.1, -0.05) is 60.1 Å². The largest absolute Gasteiger partial charge is 0.393 e. The number of allylic oxidation sites excluding steroid dienone is 2. The predicted octanol–water partition coefficient (Wildman–Crippen LogP) is 6.71. The molecule has 5 aliphatic carbocycles. The fraction of sp³-hybridized carbons (Fsp3) is 0.912. The van der Waals surface area contributed by atoms with Gasteiger partial charge in [-0.05, 0) is 115 Å². The van der Waals surface area contributed by atoms with Crippen LogP contribution in [-0.4, -0.2) is 41.1 Å². The summed E-state index contributed by atoms with van der Waals surface area (Å²) in [6.45, 7) is 19.0. The maximum atomic E-state index is 14.4. The third-order valence-corrected chi connectivity index (χ3v) is 14.6. The Morgan fingerprint density at radius 2 is 1.63 bits per heavy atom. The van der Waals surface area contributed by atoms with Crippen LogP contribution in [0.3, 0.4) is 0 Å². The molecule has 0 aromatic heterocycles. The Labute approximate surface area is 232 Å². The number of carbonyl (C=O) groups is 1. The van der Waals surface area contributed by atoms with E-state index >= 15 is 0 Å². The predicted molar refractivity (Wildman–Crippen MR) is 154 cm³/mol. The Bertz CT molecular complexity index is 1030. The van der Waals surface area contributed by atoms with Crippen molar-refractivity contribution in [1.82, 2.24) is 4.90 Å². The van der Waals surface area contributed by atoms with Crippen molar-refractivity contribution in [1.29, 1.82) is 0 Å². The molecule has 4 saturated carbocycles. The highest BCUT2D eigenvalue weighted by atomic mass is 16.3. The molecular weight excluding hydrogens is 468 g/mol. The lowest BCUT2D eigenvalue weighted by atomic mass is 9.33. The van der Waals surface area contributed by atoms with E-state index in [-0.39, 0.29) is 44.6 Å². The molecule has 0 radical (unpaired) electrons. The fourth-order valence-corrected chi connectivity index (χ4v) is 11.9. The normalized spacial score (nSPS) is 51.2. The first kappa shape index (κ1) is 27.3. The summed E-state index contributed by atoms with van der Waals surface area (Å²) >= 11 is 0. The molecule has 1 heterocycles. The van der Waals surface area contributed by atoms with E-state index in [0.29, 0.717) is 23.7 Å². The standard InChI is InChI=1S/C34H56N2O2/c1-29(2)15-17-34(28(38)36-19-12-22(35)21-36)18-16-32(6)23(24(34)20-29)8-9-26-31(5)13-11-27(37)30(3,4)25(31)10-14-33(26,32)7/h8,22,24-27,37H,9-21,35H2,1-7H3/t22-,24-,25-,26+,27-,31-,32+,33+,34-/m0/s1. The van der Waals surface area contributed by atoms with Gasteiger partial charge in [0.25, 0.3) is 0 Å². The van der Waals surface area contributed by atoms with Crippen LogP contribution in [0.2, 0.25) is 0 Å². The van der Waals surface area contributed by atoms with Gasteiger partial charge in [-0.3, -0.25) is 4.79 Å². The molecule has 0 aromatic rings. The third-order valence-electron chi connectivity index (χ3n) is 14.6. The molecule has 0 bridgehead atoms. The van der Waals surface area contributed by atoms with Gasteiger partial charge in [0, 0.05) is 19.1 Å². The number of likely N-dealkylation sites (tertiary alicyclic amines) is 1. The zero-order valence-corrected chi connectivity index (χ0v) is 25.5. The van der Waals surface area contributed by atoms with Crippen LogP contribution >= 0.6 is 0 Å². The number of aliphatic hydroxyl groups is 1. The third kappa shape index (κ3) is 3.44. The molecule has 0 unspecified atom stereocenters. The van der Waals surface area contributed by atoms with E-state index in [1.54, 1.807) is 5.57 Å². The molecule has 38 heavy (non-hydrogen) atoms. The zero-order chi connectivity index (χ0) is 27.5. The first-order valence-electron chi connectivity index (χ1n) is 16.0. The number of fused-ring (bicyclic) bond motifs is 7. The van der Waals surface area contributed by atoms with Gasteiger partial charge in [-0.2, -0.15) is 0 Å². The van der Waals surface area contributed by atoms with Gasteiger partial charge in [0.1, 0.15) is 0 Å². The molecule has 1 saturated heterocycles. The van der Waals surface area contributed by atoms with Gasteiger partial charge in [-0.15, -0.1) is 0 Å². The molecule has 6 aliphatic rings. The molecule has 5 fully saturated rings. The molecule has 0 spiro atoms. The average Bonchev–Trinajstić information content (AvgIpc) is 3.27. The molecule has 9 atom stereocenters. The van der Waals surface area contributed by atoms with E-state index in [0.717, 1.165) is 70.9 Å². The second-order valence-corrected chi connectivity index (χ2v) is 17.0. The summed E-state index contributed by atoms with van der Waals surface area (Å²) in [5, 5.41) is 11.0. The van der Waals surface area contributed by atoms with Crippen molar-refractivity contribution in [3.05, 3.63) is 11.6 Å². The van der Waals surface area contributed by atoms with Gasteiger partial charge in [0.05, 0.1) is 11.5 Å². The van der Waals surface area contributed by atoms with Gasteiger partial charge in [0.2, 0.25) is 5.91 Å². The Balaban J connectivity index is 1.41. The molecule has 1 amide bonds. The van der Waals surface area contributed by atoms with Crippen molar-refractivity contribution >= 4 is 5.91 Å². The molecule has 3 N–H and O–H groups in total. The first-order chi connectivity index (χ1) is 17.6. The van der Waals surface area contributed by atoms with Gasteiger partial charge in [-0.25, -0.2) is 0 Å². The van der Waals surface area contributed by atoms with E-state index in [1.807, 2.05) is 0 Å². The number of nitrogens with zero attached hydrogens (tertiary/aromatic N) is 1. The maximum absolute atomic E-state index is 14.4. The van der Waals surface area contributed by atoms with Crippen LogP contribution in [0.15, 0.2) is 11.6 Å². The van der Waals surface area contributed by atoms with Crippen molar-refractivity contribution < 1.29 is 9.90 Å². The second-order valence-electron chi connectivity index (χ2n) is 17.0. The number of aliphatic hydroxyl groups excluding tert-OH is 1. The van der Waals surface area contributed by atoms with Crippen molar-refractivity contribution in [2.45, 2.75) is 131 Å². The highest BCUT2D eigenvalue weighted by Crippen LogP contribution is 2.75. The topological polar surface area (TPSA) is 66.6 Å². The maximum Gasteiger partial charge on any atom is 0.229 e. The van der Waals surface area contributed by atoms with E-state index in [4.69, 9.17) is 5.73 Å². The number of amides is 1. The molecule has 4 heteroatoms. The molecule has 1 aliphatic heterocycles. The lowest BCUT2D eigenvalue weighted by Crippen LogP contribution is -2.65. The van der Waals surface area contributed by atoms with Crippen LogP contribution in [0.1, 0.15) is 119 Å². The van der Waals surface area contributed by atoms with E-state index in [1.165, 1.54) is 12.8 Å². The van der Waals surface area contributed by atoms with Crippen LogP contribution in [0.25, 0.3) is 0 Å². The fourth-order valence-electron chi connectivity index (χ4n) is 11.9. The van der Waals surface area contributed by atoms with Gasteiger partial charge >= 0.3 is 0 Å². The first-order valence-corrected chi connectivity index (χ1v) is 16.0. The van der Waals surface area contributed by atoms with Crippen molar-refractivity contribution in [2.24, 2.45) is 56.0 Å². The number of hydrogen-bond donors (Lipinski definition) is 2. The smallest absolute Gasteiger partial charge is 0.229 e. The summed E-state index contributed by atoms with van der Waals surface area (Å²) in [7, 11) is 0. The van der Waals surface area contributed by atoms with Crippen molar-refractivity contribution in [2.75, 3.05) is 13.1 Å². The lowest BCUT2D eigenvalue weighted by molar-refractivity contribution is -0.204. The lowest BCUT2D eigenvalue weighted by Gasteiger charge is -2.71. The zero-order valence-electron chi connectivity index (χ0n) is 25.5. The Kier molecular flexibility index (Phi) is 5.99. The summed E-state index contributed by atoms with van der Waals surface area (Å²) in [5.74, 6) is 2.01. The Hall–Kier alpha value is -0.870. The van der Waals surface area contributed by atoms with Crippen molar-refractivity contribution in [3.8, 4) is 0 Å². The molecule has 214 valence electrons. The van der Waals surface area contributed by atoms with E-state index < -0.39 is 0 Å². The molecule has 0 aromatic carbocycles. The number of carbonyl (C=O) groups excluding carboxylic acids is 1. The molecule has 4 nitrogen and oxygen atoms in total. The average molecular weight is 525 g/mol. The second kappa shape index (κ2) is 8.34. The van der Waals surface area contributed by atoms with Crippen LogP contribution < -0.4 is 5.73 Å². The Morgan fingerprint density at radius 1 is 0.921 bits per heavy atom. The Morgan fingerprint density at radius 3 is 2.32 bits per heavy atom. The minimum atomic E-state index is -0.230. The van der Waals surface area contributed by atoms with Crippen LogP contribution in [0, 0.1) is 50.2 Å². The number of nitrogens with two attached hydrogens (primary N) is 1. The van der Waals surface area contributed by atoms with Crippen LogP contribution in [0.5, 0.6) is 0 Å². The van der Waals surface area contributed by atoms with Gasteiger partial charge < -0.3 is 15.7 Å². The van der Waals surface area contributed by atoms with Gasteiger partial charge in [0.15, 0.2) is 0 Å². The summed E-state index contributed by atoms with van der Waals surface area (Å²) < 4.78 is 0. The SMILES string of the molecule is CC1(C)CC[C@]2(C(=O)N3CC[C@H](N)C3)CC[C@]3(C)C(=CC[C@@H]4[C@@]5(C)CC[C@H](O)C(C)(C)[C@@H]5CC[C@]43C)[C@@H]2C1. The van der Waals surface area contributed by atoms with Crippen molar-refractivity contribution in [3.63, 3.8) is 0 Å². The van der Waals surface area contributed by atoms with E-state index in [9.17, 15) is 9.90 Å². The van der Waals surface area contributed by atoms with E-state index in [2.05, 4.69) is 59.4 Å². The monoisotopic (exact) mass is 524 g/mol. The quantitative estimate of drug-likeness (QED) is 0.375. The minimum absolute atomic E-state index is 0.0165. The summed E-state index contributed by atoms with van der Waals surface area (Å²) in [4.78, 5) is 16.6. The summed E-state index contributed by atoms with van der Waals surface area (Å²) in [6, 6.07) is 0.144. The van der Waals surface area contributed by atoms with Crippen LogP contribution in [-0.2, 0) is 4.79 Å². The summed E-state index contributed by atoms with van der Waals surface area (Å²) in [6.07, 6.45) is 14.7. The number of hydrogen-bond acceptors (Lipinski definition) is 3. The molecular formula is C34H56N2O2. The number of rotatable bonds is 1. The summed E-state index contributed by atoms with van der Waals surface area (Å²) in [5.41, 5.74) is 8.64. The highest BCUT2D eigenvalue weighted by molar-refractivity contribution is 5.84. The van der Waals surface area contributed by atoms with Crippen LogP contribution in [0.4, 0.5) is 0 Å². The molecule has 6 rings (SSSR count). The highest BCUT2D eigenvalue weighted by Gasteiger charge is 2.69. The minimum Gasteiger partial charge on any atom is -0.393 e.